The highest BCUT2D eigenvalue weighted by Crippen LogP contribution is 2.35. The summed E-state index contributed by atoms with van der Waals surface area (Å²) in [6, 6.07) is 14.4. The van der Waals surface area contributed by atoms with Crippen molar-refractivity contribution in [2.45, 2.75) is 18.9 Å². The molecule has 1 aliphatic carbocycles. The molecular weight excluding hydrogens is 332 g/mol. The molecule has 5 rings (SSSR count). The maximum atomic E-state index is 6.45. The molecule has 4 aromatic rings. The maximum Gasteiger partial charge on any atom is 0.225 e. The van der Waals surface area contributed by atoms with E-state index < -0.39 is 0 Å². The first-order valence-electron chi connectivity index (χ1n) is 8.21. The first kappa shape index (κ1) is 14.4. The number of rotatable bonds is 4. The van der Waals surface area contributed by atoms with E-state index in [-0.39, 0.29) is 0 Å². The molecule has 0 radical (unpaired) electrons. The quantitative estimate of drug-likeness (QED) is 0.588. The summed E-state index contributed by atoms with van der Waals surface area (Å²) < 4.78 is 1.73. The number of nitrogens with two attached hydrogens (primary N) is 1. The molecule has 6 nitrogen and oxygen atoms in total. The van der Waals surface area contributed by atoms with E-state index in [4.69, 9.17) is 10.7 Å². The van der Waals surface area contributed by atoms with Gasteiger partial charge in [-0.1, -0.05) is 24.3 Å². The number of nitrogens with one attached hydrogen (secondary N) is 1. The number of hydrogen-bond donors (Lipinski definition) is 2. The number of hydrogen-bond acceptors (Lipinski definition) is 6. The van der Waals surface area contributed by atoms with Crippen LogP contribution >= 0.6 is 11.3 Å². The zero-order valence-corrected chi connectivity index (χ0v) is 14.2. The minimum atomic E-state index is 0.474. The van der Waals surface area contributed by atoms with Crippen molar-refractivity contribution in [2.24, 2.45) is 0 Å². The SMILES string of the molecule is Nc1c2c(-c3cccs3)nc(NC3CC3)nc2nn1-c1ccccc1. The van der Waals surface area contributed by atoms with Crippen LogP contribution in [-0.4, -0.2) is 25.8 Å². The van der Waals surface area contributed by atoms with Gasteiger partial charge in [0.15, 0.2) is 5.65 Å². The lowest BCUT2D eigenvalue weighted by atomic mass is 10.2. The Bertz CT molecular complexity index is 1030. The summed E-state index contributed by atoms with van der Waals surface area (Å²) in [4.78, 5) is 10.4. The Kier molecular flexibility index (Phi) is 3.21. The van der Waals surface area contributed by atoms with E-state index in [1.165, 1.54) is 0 Å². The second kappa shape index (κ2) is 5.56. The highest BCUT2D eigenvalue weighted by atomic mass is 32.1. The Morgan fingerprint density at radius 2 is 1.92 bits per heavy atom. The maximum absolute atomic E-state index is 6.45. The molecule has 0 aliphatic heterocycles. The van der Waals surface area contributed by atoms with Crippen LogP contribution < -0.4 is 11.1 Å². The topological polar surface area (TPSA) is 81.7 Å². The van der Waals surface area contributed by atoms with E-state index in [1.54, 1.807) is 16.0 Å². The van der Waals surface area contributed by atoms with Crippen molar-refractivity contribution in [2.75, 3.05) is 11.1 Å². The molecule has 0 atom stereocenters. The second-order valence-electron chi connectivity index (χ2n) is 6.12. The number of anilines is 2. The highest BCUT2D eigenvalue weighted by Gasteiger charge is 2.24. The molecule has 0 spiro atoms. The molecule has 1 aromatic carbocycles. The fourth-order valence-corrected chi connectivity index (χ4v) is 3.56. The van der Waals surface area contributed by atoms with E-state index in [0.29, 0.717) is 23.5 Å². The fraction of sp³-hybridized carbons (Fsp3) is 0.167. The first-order valence-corrected chi connectivity index (χ1v) is 9.09. The summed E-state index contributed by atoms with van der Waals surface area (Å²) in [6.45, 7) is 0. The molecule has 0 unspecified atom stereocenters. The van der Waals surface area contributed by atoms with Gasteiger partial charge in [0.25, 0.3) is 0 Å². The molecule has 3 heterocycles. The van der Waals surface area contributed by atoms with Crippen LogP contribution in [-0.2, 0) is 0 Å². The predicted molar refractivity (Wildman–Crippen MR) is 101 cm³/mol. The summed E-state index contributed by atoms with van der Waals surface area (Å²) in [7, 11) is 0. The first-order chi connectivity index (χ1) is 12.3. The van der Waals surface area contributed by atoms with Gasteiger partial charge >= 0.3 is 0 Å². The Hall–Kier alpha value is -2.93. The van der Waals surface area contributed by atoms with Crippen LogP contribution in [0, 0.1) is 0 Å². The van der Waals surface area contributed by atoms with Crippen molar-refractivity contribution in [1.29, 1.82) is 0 Å². The summed E-state index contributed by atoms with van der Waals surface area (Å²) in [6.07, 6.45) is 2.33. The lowest BCUT2D eigenvalue weighted by molar-refractivity contribution is 0.899. The zero-order chi connectivity index (χ0) is 16.8. The molecule has 3 N–H and O–H groups in total. The Morgan fingerprint density at radius 3 is 2.64 bits per heavy atom. The third-order valence-corrected chi connectivity index (χ3v) is 5.11. The van der Waals surface area contributed by atoms with Gasteiger partial charge in [0.2, 0.25) is 5.95 Å². The lowest BCUT2D eigenvalue weighted by Crippen LogP contribution is -2.06. The van der Waals surface area contributed by atoms with Gasteiger partial charge in [-0.3, -0.25) is 0 Å². The summed E-state index contributed by atoms with van der Waals surface area (Å²) >= 11 is 1.64. The van der Waals surface area contributed by atoms with Gasteiger partial charge in [0.05, 0.1) is 21.6 Å². The van der Waals surface area contributed by atoms with Gasteiger partial charge in [-0.2, -0.15) is 4.98 Å². The number of para-hydroxylation sites is 1. The standard InChI is InChI=1S/C18H16N6S/c19-16-14-15(13-7-4-10-25-13)21-18(20-11-8-9-11)22-17(14)23-24(16)12-5-2-1-3-6-12/h1-7,10-11H,8-9,19H2,(H,20,22,23). The van der Waals surface area contributed by atoms with Crippen LogP contribution in [0.4, 0.5) is 11.8 Å². The molecule has 3 aromatic heterocycles. The van der Waals surface area contributed by atoms with Crippen LogP contribution in [0.3, 0.4) is 0 Å². The van der Waals surface area contributed by atoms with Crippen molar-refractivity contribution in [1.82, 2.24) is 19.7 Å². The average molecular weight is 348 g/mol. The summed E-state index contributed by atoms with van der Waals surface area (Å²) in [5.41, 5.74) is 8.81. The Labute approximate surface area is 148 Å². The largest absolute Gasteiger partial charge is 0.383 e. The number of nitrogens with zero attached hydrogens (tertiary/aromatic N) is 4. The molecule has 1 aliphatic rings. The van der Waals surface area contributed by atoms with Crippen molar-refractivity contribution < 1.29 is 0 Å². The van der Waals surface area contributed by atoms with Crippen LogP contribution in [0.5, 0.6) is 0 Å². The smallest absolute Gasteiger partial charge is 0.225 e. The van der Waals surface area contributed by atoms with Crippen molar-refractivity contribution in [3.05, 3.63) is 47.8 Å². The van der Waals surface area contributed by atoms with Gasteiger partial charge in [-0.05, 0) is 36.4 Å². The Morgan fingerprint density at radius 1 is 1.08 bits per heavy atom. The minimum Gasteiger partial charge on any atom is -0.383 e. The van der Waals surface area contributed by atoms with Crippen molar-refractivity contribution >= 4 is 34.1 Å². The molecular formula is C18H16N6S. The van der Waals surface area contributed by atoms with Crippen molar-refractivity contribution in [3.63, 3.8) is 0 Å². The number of thiophene rings is 1. The van der Waals surface area contributed by atoms with E-state index in [0.717, 1.165) is 34.5 Å². The normalized spacial score (nSPS) is 14.1. The molecule has 1 saturated carbocycles. The second-order valence-corrected chi connectivity index (χ2v) is 7.07. The van der Waals surface area contributed by atoms with E-state index in [9.17, 15) is 0 Å². The number of fused-ring (bicyclic) bond motifs is 1. The number of aromatic nitrogens is 4. The van der Waals surface area contributed by atoms with Gasteiger partial charge in [-0.15, -0.1) is 16.4 Å². The number of benzene rings is 1. The lowest BCUT2D eigenvalue weighted by Gasteiger charge is -2.06. The molecule has 25 heavy (non-hydrogen) atoms. The minimum absolute atomic E-state index is 0.474. The molecule has 1 fully saturated rings. The zero-order valence-electron chi connectivity index (χ0n) is 13.4. The highest BCUT2D eigenvalue weighted by molar-refractivity contribution is 7.13. The van der Waals surface area contributed by atoms with Crippen LogP contribution in [0.15, 0.2) is 47.8 Å². The number of nitrogen functional groups attached to an aromatic ring is 1. The van der Waals surface area contributed by atoms with Gasteiger partial charge in [-0.25, -0.2) is 9.67 Å². The van der Waals surface area contributed by atoms with E-state index in [1.807, 2.05) is 47.8 Å². The third kappa shape index (κ3) is 2.53. The summed E-state index contributed by atoms with van der Waals surface area (Å²) in [5, 5.41) is 10.9. The van der Waals surface area contributed by atoms with E-state index in [2.05, 4.69) is 15.4 Å². The van der Waals surface area contributed by atoms with Gasteiger partial charge in [0, 0.05) is 6.04 Å². The molecule has 0 bridgehead atoms. The molecule has 0 amide bonds. The van der Waals surface area contributed by atoms with Gasteiger partial charge in [0.1, 0.15) is 5.82 Å². The molecule has 124 valence electrons. The average Bonchev–Trinajstić information content (AvgIpc) is 3.16. The van der Waals surface area contributed by atoms with E-state index >= 15 is 0 Å². The molecule has 0 saturated heterocycles. The fourth-order valence-electron chi connectivity index (χ4n) is 2.84. The summed E-state index contributed by atoms with van der Waals surface area (Å²) in [5.74, 6) is 1.18. The van der Waals surface area contributed by atoms with Crippen molar-refractivity contribution in [3.8, 4) is 16.3 Å². The monoisotopic (exact) mass is 348 g/mol. The predicted octanol–water partition coefficient (Wildman–Crippen LogP) is 3.70. The van der Waals surface area contributed by atoms with Gasteiger partial charge < -0.3 is 11.1 Å². The van der Waals surface area contributed by atoms with Crippen LogP contribution in [0.1, 0.15) is 12.8 Å². The van der Waals surface area contributed by atoms with Crippen LogP contribution in [0.25, 0.3) is 27.3 Å². The Balaban J connectivity index is 1.75. The molecule has 7 heteroatoms. The van der Waals surface area contributed by atoms with Crippen LogP contribution in [0.2, 0.25) is 0 Å². The third-order valence-electron chi connectivity index (χ3n) is 4.23.